The van der Waals surface area contributed by atoms with Crippen LogP contribution >= 0.6 is 35.0 Å². The van der Waals surface area contributed by atoms with Crippen molar-refractivity contribution in [2.75, 3.05) is 0 Å². The predicted octanol–water partition coefficient (Wildman–Crippen LogP) is 5.33. The van der Waals surface area contributed by atoms with Crippen molar-refractivity contribution in [2.45, 2.75) is 48.5 Å². The molecule has 0 saturated heterocycles. The molecule has 8 heteroatoms. The highest BCUT2D eigenvalue weighted by Gasteiger charge is 2.20. The van der Waals surface area contributed by atoms with E-state index in [4.69, 9.17) is 23.2 Å². The minimum absolute atomic E-state index is 0.285. The molecule has 1 atom stereocenters. The lowest BCUT2D eigenvalue weighted by Crippen LogP contribution is -2.33. The molecule has 2 rings (SSSR count). The molecule has 2 aromatic carbocycles. The molecule has 0 aliphatic rings. The van der Waals surface area contributed by atoms with Crippen LogP contribution in [0.25, 0.3) is 0 Å². The first kappa shape index (κ1) is 21.7. The molecule has 0 amide bonds. The SMILES string of the molecule is CC(C)(C)S(=O)NCc1cc(Cl)cc(Cl)c1Sc1ccc(F)cc1CO. The summed E-state index contributed by atoms with van der Waals surface area (Å²) < 4.78 is 28.2. The Balaban J connectivity index is 2.35. The molecule has 2 N–H and O–H groups in total. The van der Waals surface area contributed by atoms with Crippen LogP contribution in [-0.4, -0.2) is 14.1 Å². The number of rotatable bonds is 6. The van der Waals surface area contributed by atoms with Gasteiger partial charge in [0, 0.05) is 21.4 Å². The quantitative estimate of drug-likeness (QED) is 0.644. The van der Waals surface area contributed by atoms with Crippen molar-refractivity contribution in [3.05, 3.63) is 57.3 Å². The molecule has 0 radical (unpaired) electrons. The van der Waals surface area contributed by atoms with Gasteiger partial charge in [0.25, 0.3) is 0 Å². The predicted molar refractivity (Wildman–Crippen MR) is 108 cm³/mol. The molecule has 0 fully saturated rings. The standard InChI is InChI=1S/C18H20Cl2FNO2S2/c1-18(2,3)26(24)22-9-11-6-13(19)8-15(20)17(11)25-16-5-4-14(21)7-12(16)10-23/h4-8,22-23H,9-10H2,1-3H3. The van der Waals surface area contributed by atoms with E-state index in [1.165, 1.54) is 23.9 Å². The van der Waals surface area contributed by atoms with Crippen LogP contribution in [0.2, 0.25) is 10.0 Å². The average Bonchev–Trinajstić information content (AvgIpc) is 2.55. The van der Waals surface area contributed by atoms with Crippen LogP contribution in [0.4, 0.5) is 4.39 Å². The van der Waals surface area contributed by atoms with Crippen molar-refractivity contribution >= 4 is 45.9 Å². The van der Waals surface area contributed by atoms with Gasteiger partial charge in [0.2, 0.25) is 0 Å². The fraction of sp³-hybridized carbons (Fsp3) is 0.333. The summed E-state index contributed by atoms with van der Waals surface area (Å²) in [4.78, 5) is 1.41. The minimum atomic E-state index is -1.25. The first-order chi connectivity index (χ1) is 12.1. The van der Waals surface area contributed by atoms with E-state index in [9.17, 15) is 13.7 Å². The van der Waals surface area contributed by atoms with Crippen molar-refractivity contribution < 1.29 is 13.7 Å². The zero-order chi connectivity index (χ0) is 19.5. The van der Waals surface area contributed by atoms with E-state index in [2.05, 4.69) is 4.72 Å². The maximum absolute atomic E-state index is 13.4. The van der Waals surface area contributed by atoms with Crippen LogP contribution in [0, 0.1) is 5.82 Å². The van der Waals surface area contributed by atoms with Crippen LogP contribution in [0.5, 0.6) is 0 Å². The second-order valence-electron chi connectivity index (χ2n) is 6.59. The highest BCUT2D eigenvalue weighted by Crippen LogP contribution is 2.39. The Morgan fingerprint density at radius 2 is 1.88 bits per heavy atom. The van der Waals surface area contributed by atoms with Crippen molar-refractivity contribution in [1.29, 1.82) is 0 Å². The van der Waals surface area contributed by atoms with Crippen LogP contribution in [0.1, 0.15) is 31.9 Å². The average molecular weight is 436 g/mol. The number of benzene rings is 2. The molecule has 0 aliphatic heterocycles. The van der Waals surface area contributed by atoms with Gasteiger partial charge in [-0.3, -0.25) is 0 Å². The Kier molecular flexibility index (Phi) is 7.53. The van der Waals surface area contributed by atoms with Gasteiger partial charge >= 0.3 is 0 Å². The number of aliphatic hydroxyl groups is 1. The van der Waals surface area contributed by atoms with Gasteiger partial charge in [-0.1, -0.05) is 35.0 Å². The van der Waals surface area contributed by atoms with E-state index in [1.54, 1.807) is 18.2 Å². The van der Waals surface area contributed by atoms with Crippen molar-refractivity contribution in [3.63, 3.8) is 0 Å². The topological polar surface area (TPSA) is 49.3 Å². The zero-order valence-electron chi connectivity index (χ0n) is 14.6. The van der Waals surface area contributed by atoms with Crippen LogP contribution < -0.4 is 4.72 Å². The normalized spacial score (nSPS) is 13.0. The Morgan fingerprint density at radius 3 is 2.50 bits per heavy atom. The minimum Gasteiger partial charge on any atom is -0.392 e. The van der Waals surface area contributed by atoms with Crippen LogP contribution in [0.15, 0.2) is 40.1 Å². The van der Waals surface area contributed by atoms with Gasteiger partial charge in [-0.05, 0) is 62.2 Å². The lowest BCUT2D eigenvalue weighted by Gasteiger charge is -2.19. The van der Waals surface area contributed by atoms with Crippen molar-refractivity contribution in [2.24, 2.45) is 0 Å². The summed E-state index contributed by atoms with van der Waals surface area (Å²) in [5.41, 5.74) is 1.25. The third-order valence-electron chi connectivity index (χ3n) is 3.44. The van der Waals surface area contributed by atoms with Crippen LogP contribution in [0.3, 0.4) is 0 Å². The summed E-state index contributed by atoms with van der Waals surface area (Å²) in [6, 6.07) is 7.60. The molecule has 2 aromatic rings. The molecule has 26 heavy (non-hydrogen) atoms. The zero-order valence-corrected chi connectivity index (χ0v) is 17.8. The van der Waals surface area contributed by atoms with Gasteiger partial charge in [0.15, 0.2) is 0 Å². The Hall–Kier alpha value is -0.630. The van der Waals surface area contributed by atoms with E-state index in [-0.39, 0.29) is 6.61 Å². The molecule has 1 unspecified atom stereocenters. The first-order valence-corrected chi connectivity index (χ1v) is 10.5. The van der Waals surface area contributed by atoms with Gasteiger partial charge in [0.1, 0.15) is 5.82 Å². The molecule has 0 saturated carbocycles. The second kappa shape index (κ2) is 9.04. The number of halogens is 3. The summed E-state index contributed by atoms with van der Waals surface area (Å²) in [5, 5.41) is 10.4. The third-order valence-corrected chi connectivity index (χ3v) is 6.89. The largest absolute Gasteiger partial charge is 0.392 e. The number of hydrogen-bond acceptors (Lipinski definition) is 3. The van der Waals surface area contributed by atoms with Gasteiger partial charge in [-0.2, -0.15) is 0 Å². The lowest BCUT2D eigenvalue weighted by atomic mass is 10.2. The molecule has 0 bridgehead atoms. The molecule has 3 nitrogen and oxygen atoms in total. The number of hydrogen-bond donors (Lipinski definition) is 2. The highest BCUT2D eigenvalue weighted by atomic mass is 35.5. The molecular weight excluding hydrogens is 416 g/mol. The van der Waals surface area contributed by atoms with E-state index >= 15 is 0 Å². The van der Waals surface area contributed by atoms with E-state index in [0.29, 0.717) is 27.0 Å². The molecular formula is C18H20Cl2FNO2S2. The summed E-state index contributed by atoms with van der Waals surface area (Å²) in [7, 11) is -1.25. The smallest absolute Gasteiger partial charge is 0.123 e. The number of nitrogens with one attached hydrogen (secondary N) is 1. The molecule has 0 aromatic heterocycles. The monoisotopic (exact) mass is 435 g/mol. The fourth-order valence-electron chi connectivity index (χ4n) is 2.10. The molecule has 142 valence electrons. The second-order valence-corrected chi connectivity index (χ2v) is 10.5. The van der Waals surface area contributed by atoms with Crippen molar-refractivity contribution in [1.82, 2.24) is 4.72 Å². The van der Waals surface area contributed by atoms with Gasteiger partial charge in [-0.25, -0.2) is 13.3 Å². The summed E-state index contributed by atoms with van der Waals surface area (Å²) in [6.07, 6.45) is 0. The molecule has 0 heterocycles. The van der Waals surface area contributed by atoms with Crippen molar-refractivity contribution in [3.8, 4) is 0 Å². The van der Waals surface area contributed by atoms with Gasteiger partial charge in [0.05, 0.1) is 27.4 Å². The number of aliphatic hydroxyl groups excluding tert-OH is 1. The van der Waals surface area contributed by atoms with E-state index in [1.807, 2.05) is 20.8 Å². The van der Waals surface area contributed by atoms with E-state index < -0.39 is 21.5 Å². The summed E-state index contributed by atoms with van der Waals surface area (Å²) >= 11 is 13.8. The third kappa shape index (κ3) is 5.68. The maximum Gasteiger partial charge on any atom is 0.123 e. The Morgan fingerprint density at radius 1 is 1.19 bits per heavy atom. The highest BCUT2D eigenvalue weighted by molar-refractivity contribution is 7.99. The molecule has 0 spiro atoms. The van der Waals surface area contributed by atoms with Gasteiger partial charge in [-0.15, -0.1) is 0 Å². The Bertz CT molecular complexity index is 826. The first-order valence-electron chi connectivity index (χ1n) is 7.82. The van der Waals surface area contributed by atoms with E-state index in [0.717, 1.165) is 10.5 Å². The summed E-state index contributed by atoms with van der Waals surface area (Å²) in [5.74, 6) is -0.414. The fourth-order valence-corrected chi connectivity index (χ4v) is 4.50. The Labute approximate surface area is 169 Å². The molecule has 0 aliphatic carbocycles. The van der Waals surface area contributed by atoms with Crippen LogP contribution in [-0.2, 0) is 24.1 Å². The summed E-state index contributed by atoms with van der Waals surface area (Å²) in [6.45, 7) is 5.66. The lowest BCUT2D eigenvalue weighted by molar-refractivity contribution is 0.278. The maximum atomic E-state index is 13.4. The van der Waals surface area contributed by atoms with Gasteiger partial charge < -0.3 is 5.11 Å².